The summed E-state index contributed by atoms with van der Waals surface area (Å²) in [4.78, 5) is 23.6. The van der Waals surface area contributed by atoms with E-state index in [0.717, 1.165) is 6.07 Å². The van der Waals surface area contributed by atoms with E-state index in [1.807, 2.05) is 0 Å². The molecule has 13 heteroatoms. The van der Waals surface area contributed by atoms with Crippen LogP contribution in [0.3, 0.4) is 0 Å². The molecule has 3 aromatic rings. The van der Waals surface area contributed by atoms with Gasteiger partial charge in [-0.25, -0.2) is 14.5 Å². The van der Waals surface area contributed by atoms with Crippen LogP contribution in [0.2, 0.25) is 0 Å². The monoisotopic (exact) mass is 421 g/mol. The number of hydrogen-bond acceptors (Lipinski definition) is 6. The van der Waals surface area contributed by atoms with Gasteiger partial charge in [0.1, 0.15) is 5.82 Å². The number of fused-ring (bicyclic) bond motifs is 1. The van der Waals surface area contributed by atoms with Crippen molar-refractivity contribution in [3.8, 4) is 11.3 Å². The number of rotatable bonds is 6. The maximum Gasteiger partial charge on any atom is 0.419 e. The van der Waals surface area contributed by atoms with Gasteiger partial charge in [0.2, 0.25) is 5.91 Å². The minimum absolute atomic E-state index is 0.0451. The Morgan fingerprint density at radius 3 is 2.73 bits per heavy atom. The SMILES string of the molecule is NC(N)=NCCCC(=O)Nc1cn2nc(-c3cnc(N)c(C(F)(F)F)c3)ccc2n1. The van der Waals surface area contributed by atoms with Crippen molar-refractivity contribution < 1.29 is 18.0 Å². The molecule has 0 saturated heterocycles. The van der Waals surface area contributed by atoms with Gasteiger partial charge in [0.15, 0.2) is 17.4 Å². The highest BCUT2D eigenvalue weighted by Crippen LogP contribution is 2.34. The first-order valence-corrected chi connectivity index (χ1v) is 8.68. The van der Waals surface area contributed by atoms with Gasteiger partial charge in [-0.15, -0.1) is 0 Å². The Labute approximate surface area is 168 Å². The first-order chi connectivity index (χ1) is 14.1. The number of amides is 1. The zero-order chi connectivity index (χ0) is 21.9. The molecule has 0 aromatic carbocycles. The van der Waals surface area contributed by atoms with Crippen LogP contribution in [0.1, 0.15) is 18.4 Å². The Kier molecular flexibility index (Phi) is 5.71. The van der Waals surface area contributed by atoms with E-state index in [9.17, 15) is 18.0 Å². The van der Waals surface area contributed by atoms with Gasteiger partial charge in [0.25, 0.3) is 0 Å². The van der Waals surface area contributed by atoms with Gasteiger partial charge in [-0.05, 0) is 24.6 Å². The van der Waals surface area contributed by atoms with Gasteiger partial charge in [0.05, 0.1) is 17.5 Å². The third-order valence-corrected chi connectivity index (χ3v) is 3.96. The normalized spacial score (nSPS) is 11.4. The molecule has 3 rings (SSSR count). The van der Waals surface area contributed by atoms with Crippen LogP contribution in [-0.4, -0.2) is 38.0 Å². The third kappa shape index (κ3) is 4.92. The molecule has 0 unspecified atom stereocenters. The van der Waals surface area contributed by atoms with Crippen molar-refractivity contribution in [2.45, 2.75) is 19.0 Å². The number of imidazole rings is 1. The van der Waals surface area contributed by atoms with Crippen LogP contribution >= 0.6 is 0 Å². The number of hydrogen-bond donors (Lipinski definition) is 4. The lowest BCUT2D eigenvalue weighted by molar-refractivity contribution is -0.137. The zero-order valence-electron chi connectivity index (χ0n) is 15.5. The van der Waals surface area contributed by atoms with Crippen molar-refractivity contribution in [3.05, 3.63) is 36.2 Å². The second kappa shape index (κ2) is 8.23. The van der Waals surface area contributed by atoms with Crippen LogP contribution in [0.15, 0.2) is 35.6 Å². The van der Waals surface area contributed by atoms with Gasteiger partial charge in [-0.3, -0.25) is 9.79 Å². The number of alkyl halides is 3. The second-order valence-electron chi connectivity index (χ2n) is 6.26. The molecule has 0 radical (unpaired) electrons. The van der Waals surface area contributed by atoms with Crippen molar-refractivity contribution in [2.24, 2.45) is 16.5 Å². The molecule has 1 amide bonds. The number of nitrogens with one attached hydrogen (secondary N) is 1. The summed E-state index contributed by atoms with van der Waals surface area (Å²) < 4.78 is 40.5. The molecule has 0 saturated carbocycles. The molecular formula is C17H18F3N9O. The standard InChI is InChI=1S/C17H18F3N9O/c18-17(19,20)10-6-9(7-25-15(10)21)11-3-4-13-26-12(8-29(13)28-11)27-14(30)2-1-5-24-16(22)23/h3-4,6-8H,1-2,5H2,(H2,21,25)(H,27,30)(H4,22,23,24). The topological polar surface area (TPSA) is 163 Å². The number of guanidine groups is 1. The summed E-state index contributed by atoms with van der Waals surface area (Å²) in [7, 11) is 0. The van der Waals surface area contributed by atoms with Crippen LogP contribution in [0.25, 0.3) is 16.9 Å². The molecule has 0 aliphatic carbocycles. The molecule has 0 atom stereocenters. The molecule has 7 N–H and O–H groups in total. The van der Waals surface area contributed by atoms with Crippen LogP contribution in [0.5, 0.6) is 0 Å². The fourth-order valence-corrected chi connectivity index (χ4v) is 2.59. The number of nitrogens with zero attached hydrogens (tertiary/aromatic N) is 5. The Morgan fingerprint density at radius 1 is 1.27 bits per heavy atom. The first-order valence-electron chi connectivity index (χ1n) is 8.68. The van der Waals surface area contributed by atoms with E-state index in [0.29, 0.717) is 18.6 Å². The van der Waals surface area contributed by atoms with Crippen molar-refractivity contribution in [1.29, 1.82) is 0 Å². The van der Waals surface area contributed by atoms with Crippen molar-refractivity contribution in [2.75, 3.05) is 17.6 Å². The van der Waals surface area contributed by atoms with E-state index >= 15 is 0 Å². The molecule has 30 heavy (non-hydrogen) atoms. The van der Waals surface area contributed by atoms with Crippen molar-refractivity contribution in [1.82, 2.24) is 19.6 Å². The van der Waals surface area contributed by atoms with Gasteiger partial charge in [0, 0.05) is 24.7 Å². The molecular weight excluding hydrogens is 403 g/mol. The van der Waals surface area contributed by atoms with E-state index in [-0.39, 0.29) is 35.4 Å². The Morgan fingerprint density at radius 2 is 2.03 bits per heavy atom. The number of halogens is 3. The molecule has 0 aliphatic heterocycles. The number of aromatic nitrogens is 4. The number of anilines is 2. The lowest BCUT2D eigenvalue weighted by Crippen LogP contribution is -2.23. The van der Waals surface area contributed by atoms with Crippen LogP contribution in [0, 0.1) is 0 Å². The summed E-state index contributed by atoms with van der Waals surface area (Å²) >= 11 is 0. The number of nitrogens with two attached hydrogens (primary N) is 3. The Bertz CT molecular complexity index is 1100. The Balaban J connectivity index is 1.77. The fraction of sp³-hybridized carbons (Fsp3) is 0.235. The summed E-state index contributed by atoms with van der Waals surface area (Å²) in [5.74, 6) is -0.698. The third-order valence-electron chi connectivity index (χ3n) is 3.96. The maximum atomic E-state index is 13.1. The van der Waals surface area contributed by atoms with Crippen molar-refractivity contribution in [3.63, 3.8) is 0 Å². The van der Waals surface area contributed by atoms with Gasteiger partial charge in [-0.1, -0.05) is 0 Å². The highest BCUT2D eigenvalue weighted by molar-refractivity contribution is 5.90. The highest BCUT2D eigenvalue weighted by atomic mass is 19.4. The smallest absolute Gasteiger partial charge is 0.383 e. The van der Waals surface area contributed by atoms with Crippen LogP contribution in [0.4, 0.5) is 24.8 Å². The van der Waals surface area contributed by atoms with Gasteiger partial charge >= 0.3 is 6.18 Å². The lowest BCUT2D eigenvalue weighted by atomic mass is 10.1. The quantitative estimate of drug-likeness (QED) is 0.265. The summed E-state index contributed by atoms with van der Waals surface area (Å²) in [6.07, 6.45) is -1.35. The molecule has 3 aromatic heterocycles. The lowest BCUT2D eigenvalue weighted by Gasteiger charge is -2.10. The average Bonchev–Trinajstić information content (AvgIpc) is 3.05. The number of nitrogen functional groups attached to an aromatic ring is 1. The van der Waals surface area contributed by atoms with Gasteiger partial charge < -0.3 is 22.5 Å². The van der Waals surface area contributed by atoms with E-state index in [2.05, 4.69) is 25.4 Å². The first kappa shape index (κ1) is 20.8. The maximum absolute atomic E-state index is 13.1. The molecule has 0 fully saturated rings. The molecule has 0 spiro atoms. The van der Waals surface area contributed by atoms with E-state index in [4.69, 9.17) is 17.2 Å². The minimum Gasteiger partial charge on any atom is -0.383 e. The predicted molar refractivity (Wildman–Crippen MR) is 104 cm³/mol. The van der Waals surface area contributed by atoms with E-state index in [1.54, 1.807) is 6.07 Å². The van der Waals surface area contributed by atoms with Gasteiger partial charge in [-0.2, -0.15) is 18.3 Å². The Hall–Kier alpha value is -3.90. The molecule has 10 nitrogen and oxygen atoms in total. The minimum atomic E-state index is -4.63. The zero-order valence-corrected chi connectivity index (χ0v) is 15.5. The summed E-state index contributed by atoms with van der Waals surface area (Å²) in [5.41, 5.74) is 15.5. The van der Waals surface area contributed by atoms with E-state index in [1.165, 1.54) is 23.0 Å². The molecule has 0 bridgehead atoms. The summed E-state index contributed by atoms with van der Waals surface area (Å²) in [5, 5.41) is 6.85. The van der Waals surface area contributed by atoms with Crippen LogP contribution < -0.4 is 22.5 Å². The summed E-state index contributed by atoms with van der Waals surface area (Å²) in [6.45, 7) is 0.321. The molecule has 0 aliphatic rings. The van der Waals surface area contributed by atoms with Crippen LogP contribution in [-0.2, 0) is 11.0 Å². The number of carbonyl (C=O) groups is 1. The molecule has 3 heterocycles. The van der Waals surface area contributed by atoms with E-state index < -0.39 is 17.6 Å². The second-order valence-corrected chi connectivity index (χ2v) is 6.26. The number of aliphatic imine (C=N–C) groups is 1. The number of pyridine rings is 1. The predicted octanol–water partition coefficient (Wildman–Crippen LogP) is 1.38. The fourth-order valence-electron chi connectivity index (χ4n) is 2.59. The number of carbonyl (C=O) groups excluding carboxylic acids is 1. The van der Waals surface area contributed by atoms with Crippen molar-refractivity contribution >= 4 is 29.1 Å². The average molecular weight is 421 g/mol. The largest absolute Gasteiger partial charge is 0.419 e. The highest BCUT2D eigenvalue weighted by Gasteiger charge is 2.34. The summed E-state index contributed by atoms with van der Waals surface area (Å²) in [6, 6.07) is 3.93. The molecule has 158 valence electrons.